The van der Waals surface area contributed by atoms with Crippen LogP contribution in [0.1, 0.15) is 32.1 Å². The first-order valence-electron chi connectivity index (χ1n) is 10.1. The van der Waals surface area contributed by atoms with Crippen molar-refractivity contribution in [2.75, 3.05) is 18.4 Å². The van der Waals surface area contributed by atoms with Gasteiger partial charge in [0.25, 0.3) is 18.9 Å². The molecule has 12 heteroatoms. The molecule has 0 bridgehead atoms. The second kappa shape index (κ2) is 11.6. The van der Waals surface area contributed by atoms with E-state index in [2.05, 4.69) is 15.4 Å². The maximum atomic E-state index is 13.1. The highest BCUT2D eigenvalue weighted by molar-refractivity contribution is 5.96. The van der Waals surface area contributed by atoms with E-state index in [1.54, 1.807) is 29.5 Å². The Balaban J connectivity index is 0.000000547. The molecular formula is C20H28N6O6. The van der Waals surface area contributed by atoms with Crippen LogP contribution < -0.4 is 5.32 Å². The van der Waals surface area contributed by atoms with Crippen LogP contribution in [-0.4, -0.2) is 72.3 Å². The molecule has 0 atom stereocenters. The number of likely N-dealkylation sites (tertiary alicyclic amines) is 1. The zero-order chi connectivity index (χ0) is 23.6. The molecule has 2 fully saturated rings. The summed E-state index contributed by atoms with van der Waals surface area (Å²) in [5.74, 6) is 1.22. The first-order chi connectivity index (χ1) is 15.4. The molecule has 3 N–H and O–H groups in total. The normalized spacial score (nSPS) is 16.5. The molecule has 0 aromatic carbocycles. The van der Waals surface area contributed by atoms with Crippen molar-refractivity contribution in [3.05, 3.63) is 31.0 Å². The summed E-state index contributed by atoms with van der Waals surface area (Å²) in [6.07, 6.45) is 11.1. The summed E-state index contributed by atoms with van der Waals surface area (Å²) >= 11 is 0. The number of aromatic nitrogens is 4. The molecule has 0 radical (unpaired) electrons. The number of carbonyl (C=O) groups excluding carboxylic acids is 2. The van der Waals surface area contributed by atoms with Crippen molar-refractivity contribution in [1.82, 2.24) is 24.2 Å². The molecule has 1 aliphatic heterocycles. The number of piperidine rings is 1. The summed E-state index contributed by atoms with van der Waals surface area (Å²) in [4.78, 5) is 48.3. The highest BCUT2D eigenvalue weighted by Crippen LogP contribution is 2.35. The molecular weight excluding hydrogens is 420 g/mol. The molecule has 2 amide bonds. The number of anilines is 1. The fraction of sp³-hybridized carbons (Fsp3) is 0.500. The van der Waals surface area contributed by atoms with E-state index < -0.39 is 5.54 Å². The van der Waals surface area contributed by atoms with Crippen LogP contribution >= 0.6 is 0 Å². The van der Waals surface area contributed by atoms with E-state index in [0.29, 0.717) is 44.1 Å². The number of nitrogens with one attached hydrogen (secondary N) is 1. The second-order valence-electron chi connectivity index (χ2n) is 7.57. The highest BCUT2D eigenvalue weighted by atomic mass is 16.3. The van der Waals surface area contributed by atoms with Crippen molar-refractivity contribution in [2.45, 2.75) is 37.6 Å². The molecule has 1 aliphatic carbocycles. The molecule has 2 aromatic rings. The number of rotatable bonds is 5. The summed E-state index contributed by atoms with van der Waals surface area (Å²) < 4.78 is 3.52. The zero-order valence-corrected chi connectivity index (χ0v) is 17.8. The Hall–Kier alpha value is -3.70. The van der Waals surface area contributed by atoms with E-state index in [9.17, 15) is 9.59 Å². The molecule has 2 aliphatic rings. The van der Waals surface area contributed by atoms with Crippen molar-refractivity contribution >= 4 is 30.6 Å². The number of hydrogen-bond donors (Lipinski definition) is 3. The Labute approximate surface area is 184 Å². The average molecular weight is 448 g/mol. The Morgan fingerprint density at radius 2 is 1.81 bits per heavy atom. The SMILES string of the molecule is Cn1ccc(NC(=O)C2(n3ccnc3)CCN(C(=O)CC3CC3)CC2)n1.O=CO.O=CO. The molecule has 0 unspecified atom stereocenters. The van der Waals surface area contributed by atoms with Crippen LogP contribution in [0.4, 0.5) is 5.82 Å². The van der Waals surface area contributed by atoms with Crippen molar-refractivity contribution in [1.29, 1.82) is 0 Å². The lowest BCUT2D eigenvalue weighted by Crippen LogP contribution is -2.54. The van der Waals surface area contributed by atoms with Gasteiger partial charge in [-0.05, 0) is 31.6 Å². The number of imidazole rings is 1. The summed E-state index contributed by atoms with van der Waals surface area (Å²) in [6.45, 7) is 0.665. The van der Waals surface area contributed by atoms with Crippen LogP contribution in [0, 0.1) is 5.92 Å². The molecule has 0 spiro atoms. The number of hydrogen-bond acceptors (Lipinski definition) is 6. The Bertz CT molecular complexity index is 878. The van der Waals surface area contributed by atoms with Gasteiger partial charge in [-0.25, -0.2) is 4.98 Å². The van der Waals surface area contributed by atoms with E-state index in [4.69, 9.17) is 19.8 Å². The van der Waals surface area contributed by atoms with Gasteiger partial charge in [0, 0.05) is 51.2 Å². The van der Waals surface area contributed by atoms with Crippen molar-refractivity contribution < 1.29 is 29.4 Å². The number of aryl methyl sites for hydroxylation is 1. The van der Waals surface area contributed by atoms with E-state index >= 15 is 0 Å². The predicted octanol–water partition coefficient (Wildman–Crippen LogP) is 0.775. The van der Waals surface area contributed by atoms with Gasteiger partial charge in [0.05, 0.1) is 6.33 Å². The molecule has 1 saturated carbocycles. The fourth-order valence-corrected chi connectivity index (χ4v) is 3.65. The van der Waals surface area contributed by atoms with Gasteiger partial charge in [-0.1, -0.05) is 0 Å². The lowest BCUT2D eigenvalue weighted by molar-refractivity contribution is -0.137. The Morgan fingerprint density at radius 3 is 2.28 bits per heavy atom. The Kier molecular flexibility index (Phi) is 8.93. The number of carbonyl (C=O) groups is 4. The molecule has 1 saturated heterocycles. The van der Waals surface area contributed by atoms with Gasteiger partial charge in [0.15, 0.2) is 5.82 Å². The van der Waals surface area contributed by atoms with Gasteiger partial charge in [-0.2, -0.15) is 5.10 Å². The molecule has 12 nitrogen and oxygen atoms in total. The fourth-order valence-electron chi connectivity index (χ4n) is 3.65. The van der Waals surface area contributed by atoms with Gasteiger partial charge in [-0.15, -0.1) is 0 Å². The van der Waals surface area contributed by atoms with Crippen LogP contribution in [0.25, 0.3) is 0 Å². The molecule has 2 aromatic heterocycles. The van der Waals surface area contributed by atoms with E-state index in [-0.39, 0.29) is 24.8 Å². The third-order valence-electron chi connectivity index (χ3n) is 5.48. The van der Waals surface area contributed by atoms with Gasteiger partial charge in [0.2, 0.25) is 5.91 Å². The largest absolute Gasteiger partial charge is 0.483 e. The van der Waals surface area contributed by atoms with Crippen molar-refractivity contribution in [3.63, 3.8) is 0 Å². The summed E-state index contributed by atoms with van der Waals surface area (Å²) in [7, 11) is 1.81. The van der Waals surface area contributed by atoms with Gasteiger partial charge < -0.3 is 25.0 Å². The monoisotopic (exact) mass is 448 g/mol. The topological polar surface area (TPSA) is 160 Å². The lowest BCUT2D eigenvalue weighted by atomic mass is 9.85. The van der Waals surface area contributed by atoms with Crippen LogP contribution in [0.15, 0.2) is 31.0 Å². The summed E-state index contributed by atoms with van der Waals surface area (Å²) in [6, 6.07) is 1.77. The van der Waals surface area contributed by atoms with Crippen LogP contribution in [0.3, 0.4) is 0 Å². The minimum atomic E-state index is -0.746. The van der Waals surface area contributed by atoms with Gasteiger partial charge in [0.1, 0.15) is 5.54 Å². The highest BCUT2D eigenvalue weighted by Gasteiger charge is 2.44. The van der Waals surface area contributed by atoms with E-state index in [0.717, 1.165) is 0 Å². The van der Waals surface area contributed by atoms with Crippen LogP contribution in [0.2, 0.25) is 0 Å². The van der Waals surface area contributed by atoms with Crippen LogP contribution in [-0.2, 0) is 31.8 Å². The molecule has 3 heterocycles. The zero-order valence-electron chi connectivity index (χ0n) is 17.8. The first-order valence-corrected chi connectivity index (χ1v) is 10.1. The number of amides is 2. The maximum Gasteiger partial charge on any atom is 0.290 e. The van der Waals surface area contributed by atoms with E-state index in [1.807, 2.05) is 22.7 Å². The quantitative estimate of drug-likeness (QED) is 0.566. The minimum Gasteiger partial charge on any atom is -0.483 e. The lowest BCUT2D eigenvalue weighted by Gasteiger charge is -2.41. The minimum absolute atomic E-state index is 0.108. The smallest absolute Gasteiger partial charge is 0.290 e. The number of carboxylic acid groups (broad SMARTS) is 2. The van der Waals surface area contributed by atoms with Gasteiger partial charge in [-0.3, -0.25) is 23.9 Å². The molecule has 4 rings (SSSR count). The van der Waals surface area contributed by atoms with E-state index in [1.165, 1.54) is 12.8 Å². The molecule has 32 heavy (non-hydrogen) atoms. The summed E-state index contributed by atoms with van der Waals surface area (Å²) in [5, 5.41) is 20.9. The second-order valence-corrected chi connectivity index (χ2v) is 7.57. The van der Waals surface area contributed by atoms with Crippen LogP contribution in [0.5, 0.6) is 0 Å². The third kappa shape index (κ3) is 6.40. The molecule has 174 valence electrons. The number of nitrogens with zero attached hydrogens (tertiary/aromatic N) is 5. The predicted molar refractivity (Wildman–Crippen MR) is 113 cm³/mol. The third-order valence-corrected chi connectivity index (χ3v) is 5.48. The van der Waals surface area contributed by atoms with Crippen molar-refractivity contribution in [2.24, 2.45) is 13.0 Å². The van der Waals surface area contributed by atoms with Gasteiger partial charge >= 0.3 is 0 Å². The maximum absolute atomic E-state index is 13.1. The standard InChI is InChI=1S/C18H24N6O2.2CH2O2/c1-22-8-4-15(21-22)20-17(26)18(24-11-7-19-13-24)5-9-23(10-6-18)16(25)12-14-2-3-14;2*2-1-3/h4,7-8,11,13-14H,2-3,5-6,9-10,12H2,1H3,(H,20,21,26);2*1H,(H,2,3). The average Bonchev–Trinajstić information content (AvgIpc) is 3.23. The van der Waals surface area contributed by atoms with Crippen molar-refractivity contribution in [3.8, 4) is 0 Å². The Morgan fingerprint density at radius 1 is 1.19 bits per heavy atom. The summed E-state index contributed by atoms with van der Waals surface area (Å²) in [5.41, 5.74) is -0.746. The first kappa shape index (κ1) is 24.6.